The zero-order valence-corrected chi connectivity index (χ0v) is 21.0. The Kier molecular flexibility index (Phi) is 8.28. The molecular formula is C26H31N3O4S. The third-order valence-electron chi connectivity index (χ3n) is 5.53. The van der Waals surface area contributed by atoms with Gasteiger partial charge in [-0.2, -0.15) is 0 Å². The molecule has 0 fully saturated rings. The number of nitrogens with one attached hydrogen (secondary N) is 2. The van der Waals surface area contributed by atoms with Crippen LogP contribution < -0.4 is 15.4 Å². The lowest BCUT2D eigenvalue weighted by Crippen LogP contribution is -2.47. The van der Waals surface area contributed by atoms with E-state index < -0.39 is 6.04 Å². The second-order valence-corrected chi connectivity index (χ2v) is 8.78. The van der Waals surface area contributed by atoms with E-state index in [1.807, 2.05) is 50.8 Å². The third-order valence-corrected chi connectivity index (χ3v) is 5.87. The van der Waals surface area contributed by atoms with Gasteiger partial charge in [-0.15, -0.1) is 0 Å². The van der Waals surface area contributed by atoms with E-state index in [1.54, 1.807) is 30.3 Å². The number of allylic oxidation sites excluding steroid dienone is 1. The first-order valence-corrected chi connectivity index (χ1v) is 11.7. The van der Waals surface area contributed by atoms with Gasteiger partial charge in [-0.1, -0.05) is 38.1 Å². The fraction of sp³-hybridized carbons (Fsp3) is 0.346. The quantitative estimate of drug-likeness (QED) is 0.419. The number of esters is 1. The Morgan fingerprint density at radius 2 is 1.82 bits per heavy atom. The number of thiocarbonyl (C=S) groups is 1. The van der Waals surface area contributed by atoms with Crippen molar-refractivity contribution in [1.29, 1.82) is 0 Å². The van der Waals surface area contributed by atoms with Crippen molar-refractivity contribution in [3.8, 4) is 5.75 Å². The number of hydrogen-bond acceptors (Lipinski definition) is 5. The molecule has 180 valence electrons. The van der Waals surface area contributed by atoms with E-state index in [2.05, 4.69) is 10.6 Å². The number of anilines is 1. The highest BCUT2D eigenvalue weighted by atomic mass is 32.1. The molecular weight excluding hydrogens is 450 g/mol. The van der Waals surface area contributed by atoms with Crippen LogP contribution in [0.15, 0.2) is 59.8 Å². The molecule has 0 bridgehead atoms. The van der Waals surface area contributed by atoms with Gasteiger partial charge in [0.1, 0.15) is 5.75 Å². The molecule has 0 spiro atoms. The molecule has 0 aromatic heterocycles. The molecule has 34 heavy (non-hydrogen) atoms. The van der Waals surface area contributed by atoms with E-state index >= 15 is 0 Å². The fourth-order valence-electron chi connectivity index (χ4n) is 3.79. The molecule has 1 amide bonds. The maximum absolute atomic E-state index is 13.0. The number of amides is 1. The minimum atomic E-state index is -0.450. The summed E-state index contributed by atoms with van der Waals surface area (Å²) in [6.07, 6.45) is 0. The molecule has 0 aliphatic carbocycles. The lowest BCUT2D eigenvalue weighted by molar-refractivity contribution is -0.140. The second kappa shape index (κ2) is 11.2. The Hall–Kier alpha value is -3.39. The van der Waals surface area contributed by atoms with E-state index in [-0.39, 0.29) is 17.8 Å². The molecule has 8 heteroatoms. The monoisotopic (exact) mass is 481 g/mol. The van der Waals surface area contributed by atoms with Gasteiger partial charge in [0.2, 0.25) is 0 Å². The summed E-state index contributed by atoms with van der Waals surface area (Å²) in [5, 5.41) is 6.72. The summed E-state index contributed by atoms with van der Waals surface area (Å²) in [5.41, 5.74) is 3.21. The SMILES string of the molecule is CCN1C(=S)N[C@H](c2ccc(NC(=O)c3ccccc3OC)cc2)C(C(=O)OCC(C)C)=C1C. The normalized spacial score (nSPS) is 15.8. The molecule has 0 unspecified atom stereocenters. The van der Waals surface area contributed by atoms with E-state index in [0.717, 1.165) is 11.3 Å². The molecule has 0 radical (unpaired) electrons. The van der Waals surface area contributed by atoms with Crippen molar-refractivity contribution in [2.75, 3.05) is 25.6 Å². The predicted octanol–water partition coefficient (Wildman–Crippen LogP) is 4.67. The maximum Gasteiger partial charge on any atom is 0.338 e. The number of ether oxygens (including phenoxy) is 2. The summed E-state index contributed by atoms with van der Waals surface area (Å²) < 4.78 is 10.8. The molecule has 2 N–H and O–H groups in total. The van der Waals surface area contributed by atoms with Crippen molar-refractivity contribution in [1.82, 2.24) is 10.2 Å². The zero-order valence-electron chi connectivity index (χ0n) is 20.2. The zero-order chi connectivity index (χ0) is 24.8. The van der Waals surface area contributed by atoms with Crippen molar-refractivity contribution in [2.24, 2.45) is 5.92 Å². The highest BCUT2D eigenvalue weighted by Crippen LogP contribution is 2.32. The minimum Gasteiger partial charge on any atom is -0.496 e. The molecule has 2 aromatic rings. The van der Waals surface area contributed by atoms with Crippen LogP contribution >= 0.6 is 12.2 Å². The largest absolute Gasteiger partial charge is 0.496 e. The first-order valence-electron chi connectivity index (χ1n) is 11.3. The van der Waals surface area contributed by atoms with Crippen molar-refractivity contribution in [3.05, 3.63) is 70.9 Å². The van der Waals surface area contributed by atoms with Gasteiger partial charge in [0, 0.05) is 17.9 Å². The highest BCUT2D eigenvalue weighted by molar-refractivity contribution is 7.80. The van der Waals surface area contributed by atoms with Gasteiger partial charge in [-0.3, -0.25) is 4.79 Å². The molecule has 7 nitrogen and oxygen atoms in total. The Balaban J connectivity index is 1.86. The Bertz CT molecular complexity index is 1100. The first kappa shape index (κ1) is 25.2. The molecule has 1 heterocycles. The number of methoxy groups -OCH3 is 1. The molecule has 0 saturated heterocycles. The average molecular weight is 482 g/mol. The van der Waals surface area contributed by atoms with Crippen molar-refractivity contribution in [3.63, 3.8) is 0 Å². The number of carbonyl (C=O) groups is 2. The molecule has 1 aliphatic rings. The summed E-state index contributed by atoms with van der Waals surface area (Å²) in [6.45, 7) is 8.84. The first-order chi connectivity index (χ1) is 16.3. The van der Waals surface area contributed by atoms with Crippen LogP contribution in [0, 0.1) is 5.92 Å². The molecule has 3 rings (SSSR count). The molecule has 1 aliphatic heterocycles. The van der Waals surface area contributed by atoms with Gasteiger partial charge in [0.25, 0.3) is 5.91 Å². The van der Waals surface area contributed by atoms with Crippen LogP contribution in [0.5, 0.6) is 5.75 Å². The molecule has 0 saturated carbocycles. The van der Waals surface area contributed by atoms with Crippen molar-refractivity contribution >= 4 is 34.9 Å². The van der Waals surface area contributed by atoms with Crippen molar-refractivity contribution < 1.29 is 19.1 Å². The van der Waals surface area contributed by atoms with Crippen LogP contribution in [-0.4, -0.2) is 42.2 Å². The number of nitrogens with zero attached hydrogens (tertiary/aromatic N) is 1. The van der Waals surface area contributed by atoms with Crippen LogP contribution in [0.2, 0.25) is 0 Å². The number of carbonyl (C=O) groups excluding carboxylic acids is 2. The summed E-state index contributed by atoms with van der Waals surface area (Å²) in [4.78, 5) is 27.6. The number of benzene rings is 2. The van der Waals surface area contributed by atoms with E-state index in [0.29, 0.717) is 40.8 Å². The van der Waals surface area contributed by atoms with Crippen LogP contribution in [-0.2, 0) is 9.53 Å². The average Bonchev–Trinajstić information content (AvgIpc) is 2.82. The number of para-hydroxylation sites is 1. The van der Waals surface area contributed by atoms with Gasteiger partial charge in [-0.05, 0) is 61.8 Å². The van der Waals surface area contributed by atoms with E-state index in [4.69, 9.17) is 21.7 Å². The lowest BCUT2D eigenvalue weighted by atomic mass is 9.94. The number of hydrogen-bond donors (Lipinski definition) is 2. The smallest absolute Gasteiger partial charge is 0.338 e. The van der Waals surface area contributed by atoms with Crippen LogP contribution in [0.1, 0.15) is 49.7 Å². The van der Waals surface area contributed by atoms with Crippen LogP contribution in [0.25, 0.3) is 0 Å². The maximum atomic E-state index is 13.0. The Morgan fingerprint density at radius 3 is 2.44 bits per heavy atom. The topological polar surface area (TPSA) is 79.9 Å². The minimum absolute atomic E-state index is 0.231. The van der Waals surface area contributed by atoms with E-state index in [1.165, 1.54) is 7.11 Å². The number of rotatable bonds is 8. The fourth-order valence-corrected chi connectivity index (χ4v) is 4.17. The second-order valence-electron chi connectivity index (χ2n) is 8.39. The summed E-state index contributed by atoms with van der Waals surface area (Å²) in [5.74, 6) is 0.101. The molecule has 2 aromatic carbocycles. The summed E-state index contributed by atoms with van der Waals surface area (Å²) in [7, 11) is 1.53. The predicted molar refractivity (Wildman–Crippen MR) is 137 cm³/mol. The lowest BCUT2D eigenvalue weighted by Gasteiger charge is -2.37. The Labute approximate surface area is 206 Å². The van der Waals surface area contributed by atoms with Crippen LogP contribution in [0.4, 0.5) is 5.69 Å². The summed E-state index contributed by atoms with van der Waals surface area (Å²) >= 11 is 5.55. The van der Waals surface area contributed by atoms with Gasteiger partial charge >= 0.3 is 5.97 Å². The molecule has 1 atom stereocenters. The van der Waals surface area contributed by atoms with Gasteiger partial charge in [0.15, 0.2) is 5.11 Å². The van der Waals surface area contributed by atoms with Gasteiger partial charge in [-0.25, -0.2) is 4.79 Å². The Morgan fingerprint density at radius 1 is 1.15 bits per heavy atom. The standard InChI is InChI=1S/C26H31N3O4S/c1-6-29-17(4)22(25(31)33-15-16(2)3)23(28-26(29)34)18-11-13-19(14-12-18)27-24(30)20-9-7-8-10-21(20)32-5/h7-14,16,23H,6,15H2,1-5H3,(H,27,30)(H,28,34)/t23-/m1/s1. The van der Waals surface area contributed by atoms with Gasteiger partial charge < -0.3 is 25.0 Å². The third kappa shape index (κ3) is 5.56. The van der Waals surface area contributed by atoms with Crippen molar-refractivity contribution in [2.45, 2.75) is 33.7 Å². The van der Waals surface area contributed by atoms with Gasteiger partial charge in [0.05, 0.1) is 30.9 Å². The van der Waals surface area contributed by atoms with E-state index in [9.17, 15) is 9.59 Å². The summed E-state index contributed by atoms with van der Waals surface area (Å²) in [6, 6.07) is 13.9. The van der Waals surface area contributed by atoms with Crippen LogP contribution in [0.3, 0.4) is 0 Å². The highest BCUT2D eigenvalue weighted by Gasteiger charge is 2.34.